The van der Waals surface area contributed by atoms with Crippen LogP contribution >= 0.6 is 15.9 Å². The molecule has 2 atom stereocenters. The van der Waals surface area contributed by atoms with Crippen molar-refractivity contribution < 1.29 is 4.74 Å². The average molecular weight is 488 g/mol. The zero-order valence-electron chi connectivity index (χ0n) is 18.0. The van der Waals surface area contributed by atoms with E-state index in [1.54, 1.807) is 0 Å². The molecule has 0 radical (unpaired) electrons. The highest BCUT2D eigenvalue weighted by Gasteiger charge is 2.34. The SMILES string of the molecule is Brc1ccc(OC2CCN(c3nc4cccc5c4n3CCC5)CC2c2ccccc2)cc1. The molecule has 4 aromatic rings. The first-order valence-electron chi connectivity index (χ1n) is 11.5. The van der Waals surface area contributed by atoms with Crippen molar-refractivity contribution in [1.82, 2.24) is 9.55 Å². The summed E-state index contributed by atoms with van der Waals surface area (Å²) < 4.78 is 10.1. The van der Waals surface area contributed by atoms with Crippen LogP contribution in [0.1, 0.15) is 29.9 Å². The summed E-state index contributed by atoms with van der Waals surface area (Å²) in [6.45, 7) is 2.90. The van der Waals surface area contributed by atoms with Crippen molar-refractivity contribution in [3.05, 3.63) is 88.4 Å². The fourth-order valence-electron chi connectivity index (χ4n) is 5.29. The van der Waals surface area contributed by atoms with Gasteiger partial charge in [0.2, 0.25) is 5.95 Å². The first-order chi connectivity index (χ1) is 15.8. The van der Waals surface area contributed by atoms with Gasteiger partial charge in [-0.2, -0.15) is 0 Å². The minimum Gasteiger partial charge on any atom is -0.490 e. The highest BCUT2D eigenvalue weighted by Crippen LogP contribution is 2.36. The molecule has 3 heterocycles. The Morgan fingerprint density at radius 3 is 2.59 bits per heavy atom. The molecule has 3 aromatic carbocycles. The van der Waals surface area contributed by atoms with Crippen LogP contribution in [0.5, 0.6) is 5.75 Å². The first-order valence-corrected chi connectivity index (χ1v) is 12.3. The Kier molecular flexibility index (Phi) is 5.14. The third-order valence-corrected chi connectivity index (χ3v) is 7.35. The van der Waals surface area contributed by atoms with Crippen molar-refractivity contribution in [3.63, 3.8) is 0 Å². The first kappa shape index (κ1) is 19.9. The topological polar surface area (TPSA) is 30.3 Å². The van der Waals surface area contributed by atoms with Gasteiger partial charge in [-0.1, -0.05) is 58.4 Å². The number of nitrogens with zero attached hydrogens (tertiary/aromatic N) is 3. The van der Waals surface area contributed by atoms with Crippen LogP contribution in [0.4, 0.5) is 5.95 Å². The molecule has 0 N–H and O–H groups in total. The zero-order chi connectivity index (χ0) is 21.5. The number of aromatic nitrogens is 2. The molecule has 2 aliphatic rings. The monoisotopic (exact) mass is 487 g/mol. The van der Waals surface area contributed by atoms with E-state index in [4.69, 9.17) is 9.72 Å². The van der Waals surface area contributed by atoms with Gasteiger partial charge < -0.3 is 14.2 Å². The summed E-state index contributed by atoms with van der Waals surface area (Å²) in [7, 11) is 0. The van der Waals surface area contributed by atoms with Crippen molar-refractivity contribution in [3.8, 4) is 5.75 Å². The summed E-state index contributed by atoms with van der Waals surface area (Å²) in [6.07, 6.45) is 3.43. The van der Waals surface area contributed by atoms with E-state index in [1.165, 1.54) is 23.1 Å². The van der Waals surface area contributed by atoms with Gasteiger partial charge in [0.05, 0.1) is 11.0 Å². The molecule has 1 fully saturated rings. The number of hydrogen-bond acceptors (Lipinski definition) is 3. The maximum atomic E-state index is 6.53. The summed E-state index contributed by atoms with van der Waals surface area (Å²) in [5.74, 6) is 2.33. The molecule has 1 saturated heterocycles. The van der Waals surface area contributed by atoms with Crippen LogP contribution in [0.15, 0.2) is 77.3 Å². The number of rotatable bonds is 4. The Bertz CT molecular complexity index is 1240. The van der Waals surface area contributed by atoms with Crippen LogP contribution in [-0.4, -0.2) is 28.7 Å². The molecule has 0 bridgehead atoms. The van der Waals surface area contributed by atoms with Crippen LogP contribution in [0.25, 0.3) is 11.0 Å². The van der Waals surface area contributed by atoms with Gasteiger partial charge in [-0.05, 0) is 54.3 Å². The quantitative estimate of drug-likeness (QED) is 0.343. The maximum Gasteiger partial charge on any atom is 0.206 e. The van der Waals surface area contributed by atoms with Crippen LogP contribution in [0.2, 0.25) is 0 Å². The maximum absolute atomic E-state index is 6.53. The number of hydrogen-bond donors (Lipinski definition) is 0. The van der Waals surface area contributed by atoms with Gasteiger partial charge in [-0.15, -0.1) is 0 Å². The molecule has 4 nitrogen and oxygen atoms in total. The third kappa shape index (κ3) is 3.58. The number of halogens is 1. The van der Waals surface area contributed by atoms with E-state index in [0.29, 0.717) is 0 Å². The standard InChI is InChI=1S/C27H26BrN3O/c28-21-11-13-22(14-12-21)32-25-15-17-30(18-23(25)19-6-2-1-3-7-19)27-29-24-10-4-8-20-9-5-16-31(27)26(20)24/h1-4,6-8,10-14,23,25H,5,9,15-18H2. The largest absolute Gasteiger partial charge is 0.490 e. The number of imidazole rings is 1. The van der Waals surface area contributed by atoms with E-state index < -0.39 is 0 Å². The summed E-state index contributed by atoms with van der Waals surface area (Å²) >= 11 is 3.52. The molecule has 162 valence electrons. The van der Waals surface area contributed by atoms with Gasteiger partial charge in [0, 0.05) is 36.4 Å². The molecule has 6 rings (SSSR count). The van der Waals surface area contributed by atoms with Gasteiger partial charge in [-0.3, -0.25) is 0 Å². The Morgan fingerprint density at radius 2 is 1.75 bits per heavy atom. The van der Waals surface area contributed by atoms with E-state index >= 15 is 0 Å². The number of piperidine rings is 1. The molecule has 32 heavy (non-hydrogen) atoms. The number of ether oxygens (including phenoxy) is 1. The number of aryl methyl sites for hydroxylation is 2. The minimum absolute atomic E-state index is 0.135. The third-order valence-electron chi connectivity index (χ3n) is 6.82. The lowest BCUT2D eigenvalue weighted by Crippen LogP contribution is -2.45. The van der Waals surface area contributed by atoms with Gasteiger partial charge in [-0.25, -0.2) is 4.98 Å². The molecule has 2 aliphatic heterocycles. The molecular formula is C27H26BrN3O. The predicted octanol–water partition coefficient (Wildman–Crippen LogP) is 6.19. The van der Waals surface area contributed by atoms with Crippen LogP contribution in [0, 0.1) is 0 Å². The predicted molar refractivity (Wildman–Crippen MR) is 133 cm³/mol. The second kappa shape index (κ2) is 8.28. The Balaban J connectivity index is 1.34. The Hall–Kier alpha value is -2.79. The number of benzene rings is 3. The van der Waals surface area contributed by atoms with E-state index in [-0.39, 0.29) is 12.0 Å². The van der Waals surface area contributed by atoms with E-state index in [9.17, 15) is 0 Å². The van der Waals surface area contributed by atoms with Crippen molar-refractivity contribution in [1.29, 1.82) is 0 Å². The van der Waals surface area contributed by atoms with Gasteiger partial charge >= 0.3 is 0 Å². The van der Waals surface area contributed by atoms with Crippen molar-refractivity contribution in [2.24, 2.45) is 0 Å². The highest BCUT2D eigenvalue weighted by atomic mass is 79.9. The van der Waals surface area contributed by atoms with E-state index in [2.05, 4.69) is 73.9 Å². The van der Waals surface area contributed by atoms with Crippen LogP contribution < -0.4 is 9.64 Å². The van der Waals surface area contributed by atoms with Gasteiger partial charge in [0.1, 0.15) is 11.9 Å². The highest BCUT2D eigenvalue weighted by molar-refractivity contribution is 9.10. The summed E-state index contributed by atoms with van der Waals surface area (Å²) in [5, 5.41) is 0. The van der Waals surface area contributed by atoms with Crippen molar-refractivity contribution in [2.75, 3.05) is 18.0 Å². The number of anilines is 1. The lowest BCUT2D eigenvalue weighted by atomic mass is 9.88. The van der Waals surface area contributed by atoms with Crippen LogP contribution in [-0.2, 0) is 13.0 Å². The average Bonchev–Trinajstić information content (AvgIpc) is 3.22. The summed E-state index contributed by atoms with van der Waals surface area (Å²) in [6, 6.07) is 25.5. The summed E-state index contributed by atoms with van der Waals surface area (Å²) in [5.41, 5.74) is 5.22. The molecule has 0 amide bonds. The van der Waals surface area contributed by atoms with Gasteiger partial charge in [0.25, 0.3) is 0 Å². The van der Waals surface area contributed by atoms with Crippen molar-refractivity contribution >= 4 is 32.9 Å². The lowest BCUT2D eigenvalue weighted by molar-refractivity contribution is 0.147. The Morgan fingerprint density at radius 1 is 0.906 bits per heavy atom. The molecule has 0 aliphatic carbocycles. The smallest absolute Gasteiger partial charge is 0.206 e. The normalized spacial score (nSPS) is 20.5. The second-order valence-corrected chi connectivity index (χ2v) is 9.73. The second-order valence-electron chi connectivity index (χ2n) is 8.81. The molecule has 0 spiro atoms. The molecule has 2 unspecified atom stereocenters. The number of para-hydroxylation sites is 1. The molecule has 1 aromatic heterocycles. The molecular weight excluding hydrogens is 462 g/mol. The molecule has 5 heteroatoms. The zero-order valence-corrected chi connectivity index (χ0v) is 19.5. The van der Waals surface area contributed by atoms with E-state index in [0.717, 1.165) is 54.2 Å². The lowest BCUT2D eigenvalue weighted by Gasteiger charge is -2.39. The Labute approximate surface area is 197 Å². The van der Waals surface area contributed by atoms with Gasteiger partial charge in [0.15, 0.2) is 0 Å². The summed E-state index contributed by atoms with van der Waals surface area (Å²) in [4.78, 5) is 7.58. The minimum atomic E-state index is 0.135. The van der Waals surface area contributed by atoms with Crippen LogP contribution in [0.3, 0.4) is 0 Å². The fraction of sp³-hybridized carbons (Fsp3) is 0.296. The van der Waals surface area contributed by atoms with E-state index in [1.807, 2.05) is 24.3 Å². The fourth-order valence-corrected chi connectivity index (χ4v) is 5.56. The molecule has 0 saturated carbocycles. The van der Waals surface area contributed by atoms with Crippen molar-refractivity contribution in [2.45, 2.75) is 37.8 Å².